The summed E-state index contributed by atoms with van der Waals surface area (Å²) in [4.78, 5) is 5.03. The van der Waals surface area contributed by atoms with Crippen LogP contribution in [-0.2, 0) is 33.5 Å². The average Bonchev–Trinajstić information content (AvgIpc) is 3.72. The molecule has 35 heavy (non-hydrogen) atoms. The minimum atomic E-state index is 0.382. The lowest BCUT2D eigenvalue weighted by Crippen LogP contribution is -2.32. The van der Waals surface area contributed by atoms with Crippen LogP contribution < -0.4 is 9.80 Å². The molecule has 3 unspecified atom stereocenters. The Hall–Kier alpha value is -2.02. The highest BCUT2D eigenvalue weighted by molar-refractivity contribution is 6.08. The van der Waals surface area contributed by atoms with Gasteiger partial charge in [-0.15, -0.1) is 0 Å². The van der Waals surface area contributed by atoms with E-state index in [1.807, 2.05) is 0 Å². The molecule has 0 radical (unpaired) electrons. The van der Waals surface area contributed by atoms with E-state index < -0.39 is 0 Å². The van der Waals surface area contributed by atoms with Gasteiger partial charge in [0.05, 0.1) is 38.1 Å². The van der Waals surface area contributed by atoms with Crippen LogP contribution in [-0.4, -0.2) is 72.2 Å². The van der Waals surface area contributed by atoms with Crippen molar-refractivity contribution in [1.82, 2.24) is 0 Å². The summed E-state index contributed by atoms with van der Waals surface area (Å²) in [6, 6.07) is 14.2. The number of hydrogen-bond donors (Lipinski definition) is 0. The summed E-state index contributed by atoms with van der Waals surface area (Å²) in [5.74, 6) is 0. The molecule has 0 saturated carbocycles. The van der Waals surface area contributed by atoms with E-state index in [-0.39, 0.29) is 0 Å². The summed E-state index contributed by atoms with van der Waals surface area (Å²) < 4.78 is 16.6. The largest absolute Gasteiger partial charge is 0.371 e. The summed E-state index contributed by atoms with van der Waals surface area (Å²) in [6.45, 7) is 11.3. The van der Waals surface area contributed by atoms with Crippen LogP contribution in [0.5, 0.6) is 0 Å². The van der Waals surface area contributed by atoms with Gasteiger partial charge in [-0.1, -0.05) is 44.4 Å². The van der Waals surface area contributed by atoms with Gasteiger partial charge in [0, 0.05) is 37.6 Å². The molecular formula is C29H41BN2O3. The van der Waals surface area contributed by atoms with E-state index in [1.54, 1.807) is 0 Å². The number of ether oxygens (including phenoxy) is 3. The molecule has 0 aromatic heterocycles. The Kier molecular flexibility index (Phi) is 8.01. The lowest BCUT2D eigenvalue weighted by atomic mass is 9.97. The quantitative estimate of drug-likeness (QED) is 0.290. The van der Waals surface area contributed by atoms with Crippen LogP contribution in [0.2, 0.25) is 6.32 Å². The first-order valence-electron chi connectivity index (χ1n) is 13.7. The van der Waals surface area contributed by atoms with Gasteiger partial charge in [0.1, 0.15) is 7.85 Å². The summed E-state index contributed by atoms with van der Waals surface area (Å²) in [5, 5.41) is 0. The molecule has 0 bridgehead atoms. The first kappa shape index (κ1) is 24.7. The predicted molar refractivity (Wildman–Crippen MR) is 146 cm³/mol. The van der Waals surface area contributed by atoms with Crippen molar-refractivity contribution in [2.75, 3.05) is 55.8 Å². The molecule has 5 nitrogen and oxygen atoms in total. The second-order valence-electron chi connectivity index (χ2n) is 10.4. The lowest BCUT2D eigenvalue weighted by molar-refractivity contribution is 0.389. The first-order chi connectivity index (χ1) is 17.2. The third-order valence-electron chi connectivity index (χ3n) is 7.40. The molecule has 0 N–H and O–H groups in total. The molecule has 3 saturated heterocycles. The zero-order chi connectivity index (χ0) is 24.2. The van der Waals surface area contributed by atoms with E-state index in [1.165, 1.54) is 46.4 Å². The van der Waals surface area contributed by atoms with Crippen molar-refractivity contribution in [3.05, 3.63) is 58.7 Å². The smallest absolute Gasteiger partial charge is 0.101 e. The maximum Gasteiger partial charge on any atom is 0.101 e. The van der Waals surface area contributed by atoms with Crippen LogP contribution in [0.3, 0.4) is 0 Å². The maximum absolute atomic E-state index is 5.55. The predicted octanol–water partition coefficient (Wildman–Crippen LogP) is 3.65. The van der Waals surface area contributed by atoms with Crippen LogP contribution in [0.1, 0.15) is 42.5 Å². The van der Waals surface area contributed by atoms with Crippen LogP contribution in [0.15, 0.2) is 36.4 Å². The molecule has 2 aromatic rings. The zero-order valence-corrected chi connectivity index (χ0v) is 21.8. The van der Waals surface area contributed by atoms with Crippen LogP contribution in [0.25, 0.3) is 0 Å². The fourth-order valence-electron chi connectivity index (χ4n) is 5.10. The van der Waals surface area contributed by atoms with Crippen molar-refractivity contribution in [3.8, 4) is 0 Å². The normalized spacial score (nSPS) is 22.2. The highest BCUT2D eigenvalue weighted by atomic mass is 16.6. The molecule has 5 rings (SSSR count). The van der Waals surface area contributed by atoms with Crippen LogP contribution >= 0.6 is 0 Å². The van der Waals surface area contributed by atoms with E-state index in [0.717, 1.165) is 65.3 Å². The van der Waals surface area contributed by atoms with E-state index in [4.69, 9.17) is 14.2 Å². The van der Waals surface area contributed by atoms with Gasteiger partial charge in [-0.05, 0) is 60.1 Å². The number of rotatable bonds is 15. The number of aryl methyl sites for hydroxylation is 2. The minimum Gasteiger partial charge on any atom is -0.371 e. The van der Waals surface area contributed by atoms with Crippen LogP contribution in [0, 0.1) is 0 Å². The molecule has 0 spiro atoms. The Morgan fingerprint density at radius 1 is 0.743 bits per heavy atom. The van der Waals surface area contributed by atoms with Crippen molar-refractivity contribution in [2.45, 2.75) is 64.2 Å². The third-order valence-corrected chi connectivity index (χ3v) is 7.40. The average molecular weight is 476 g/mol. The van der Waals surface area contributed by atoms with Crippen molar-refractivity contribution in [2.24, 2.45) is 0 Å². The van der Waals surface area contributed by atoms with Gasteiger partial charge in [0.15, 0.2) is 0 Å². The Bertz CT molecular complexity index is 974. The monoisotopic (exact) mass is 476 g/mol. The second kappa shape index (κ2) is 11.4. The Morgan fingerprint density at radius 3 is 1.63 bits per heavy atom. The summed E-state index contributed by atoms with van der Waals surface area (Å²) >= 11 is 0. The highest BCUT2D eigenvalue weighted by Gasteiger charge is 2.31. The molecule has 2 aromatic carbocycles. The van der Waals surface area contributed by atoms with Crippen molar-refractivity contribution in [3.63, 3.8) is 0 Å². The fourth-order valence-corrected chi connectivity index (χ4v) is 5.10. The number of epoxide rings is 3. The lowest BCUT2D eigenvalue weighted by Gasteiger charge is -2.27. The maximum atomic E-state index is 5.55. The molecule has 0 aliphatic carbocycles. The number of anilines is 2. The SMILES string of the molecule is BCCCN(CC1CO1)c1ccc(Cc2ccc(N(CC3CO3)CC3CO3)c(CC)c2)cc1CC. The molecule has 3 atom stereocenters. The highest BCUT2D eigenvalue weighted by Crippen LogP contribution is 2.30. The summed E-state index contributed by atoms with van der Waals surface area (Å²) in [5.41, 5.74) is 8.40. The number of hydrogen-bond acceptors (Lipinski definition) is 5. The topological polar surface area (TPSA) is 44.1 Å². The van der Waals surface area contributed by atoms with Gasteiger partial charge in [0.25, 0.3) is 0 Å². The standard InChI is InChI=1S/C29H41BN2O3/c1-3-23-13-21(6-8-28(23)31(11-5-10-30)15-25-18-33-25)12-22-7-9-29(24(4-2)14-22)32(16-26-19-34-26)17-27-20-35-27/h6-9,13-14,25-27H,3-5,10-12,15-20,30H2,1-2H3. The minimum absolute atomic E-state index is 0.382. The molecule has 3 heterocycles. The molecule has 188 valence electrons. The van der Waals surface area contributed by atoms with Gasteiger partial charge >= 0.3 is 0 Å². The van der Waals surface area contributed by atoms with Crippen molar-refractivity contribution < 1.29 is 14.2 Å². The molecule has 3 aliphatic rings. The van der Waals surface area contributed by atoms with E-state index >= 15 is 0 Å². The van der Waals surface area contributed by atoms with Gasteiger partial charge in [-0.2, -0.15) is 0 Å². The van der Waals surface area contributed by atoms with Crippen molar-refractivity contribution >= 4 is 19.2 Å². The van der Waals surface area contributed by atoms with Crippen LogP contribution in [0.4, 0.5) is 11.4 Å². The van der Waals surface area contributed by atoms with E-state index in [9.17, 15) is 0 Å². The Balaban J connectivity index is 1.32. The fraction of sp³-hybridized carbons (Fsp3) is 0.586. The van der Waals surface area contributed by atoms with Gasteiger partial charge in [-0.3, -0.25) is 0 Å². The van der Waals surface area contributed by atoms with Crippen molar-refractivity contribution in [1.29, 1.82) is 0 Å². The molecule has 6 heteroatoms. The molecule has 0 amide bonds. The van der Waals surface area contributed by atoms with Gasteiger partial charge in [-0.25, -0.2) is 0 Å². The number of benzene rings is 2. The molecule has 3 aliphatic heterocycles. The van der Waals surface area contributed by atoms with Gasteiger partial charge < -0.3 is 24.0 Å². The third kappa shape index (κ3) is 6.81. The first-order valence-corrected chi connectivity index (χ1v) is 13.7. The molecular weight excluding hydrogens is 435 g/mol. The zero-order valence-electron chi connectivity index (χ0n) is 21.8. The van der Waals surface area contributed by atoms with Gasteiger partial charge in [0.2, 0.25) is 0 Å². The van der Waals surface area contributed by atoms with E-state index in [2.05, 4.69) is 67.9 Å². The summed E-state index contributed by atoms with van der Waals surface area (Å²) in [6.07, 6.45) is 6.68. The summed E-state index contributed by atoms with van der Waals surface area (Å²) in [7, 11) is 2.27. The second-order valence-corrected chi connectivity index (χ2v) is 10.4. The van der Waals surface area contributed by atoms with E-state index in [0.29, 0.717) is 18.3 Å². The number of nitrogens with zero attached hydrogens (tertiary/aromatic N) is 2. The Labute approximate surface area is 212 Å². The Morgan fingerprint density at radius 2 is 1.20 bits per heavy atom. The molecule has 3 fully saturated rings.